The first-order chi connectivity index (χ1) is 9.63. The lowest BCUT2D eigenvalue weighted by Crippen LogP contribution is -2.13. The van der Waals surface area contributed by atoms with Crippen LogP contribution in [-0.2, 0) is 0 Å². The zero-order valence-corrected chi connectivity index (χ0v) is 10.3. The first kappa shape index (κ1) is 13.7. The van der Waals surface area contributed by atoms with Gasteiger partial charge in [0.2, 0.25) is 5.78 Å². The summed E-state index contributed by atoms with van der Waals surface area (Å²) >= 11 is 0. The van der Waals surface area contributed by atoms with Crippen LogP contribution in [0.15, 0.2) is 42.5 Å². The Balaban J connectivity index is 2.14. The summed E-state index contributed by atoms with van der Waals surface area (Å²) in [6.45, 7) is -0.473. The molecule has 0 saturated carbocycles. The summed E-state index contributed by atoms with van der Waals surface area (Å²) in [7, 11) is 0. The topological polar surface area (TPSA) is 50.1 Å². The van der Waals surface area contributed by atoms with Gasteiger partial charge in [-0.15, -0.1) is 0 Å². The lowest BCUT2D eigenvalue weighted by molar-refractivity contribution is 0.0917. The van der Waals surface area contributed by atoms with E-state index in [0.717, 1.165) is 12.1 Å². The van der Waals surface area contributed by atoms with Crippen LogP contribution in [0.5, 0.6) is 5.75 Å². The van der Waals surface area contributed by atoms with Gasteiger partial charge in [-0.3, -0.25) is 4.79 Å². The van der Waals surface area contributed by atoms with Crippen LogP contribution in [0.4, 0.5) is 8.78 Å². The highest BCUT2D eigenvalue weighted by molar-refractivity contribution is 5.97. The number of ketones is 1. The molecule has 0 bridgehead atoms. The molecule has 2 rings (SSSR count). The zero-order valence-electron chi connectivity index (χ0n) is 10.3. The van der Waals surface area contributed by atoms with Crippen LogP contribution in [0.3, 0.4) is 0 Å². The quantitative estimate of drug-likeness (QED) is 0.804. The van der Waals surface area contributed by atoms with Crippen molar-refractivity contribution in [3.63, 3.8) is 0 Å². The van der Waals surface area contributed by atoms with Gasteiger partial charge >= 0.3 is 0 Å². The van der Waals surface area contributed by atoms with Gasteiger partial charge in [0.1, 0.15) is 29.0 Å². The first-order valence-corrected chi connectivity index (χ1v) is 5.72. The van der Waals surface area contributed by atoms with Gasteiger partial charge in [-0.25, -0.2) is 8.78 Å². The summed E-state index contributed by atoms with van der Waals surface area (Å²) in [6.07, 6.45) is 0. The molecule has 0 heterocycles. The van der Waals surface area contributed by atoms with E-state index < -0.39 is 24.0 Å². The van der Waals surface area contributed by atoms with Gasteiger partial charge in [0.25, 0.3) is 0 Å². The normalized spacial score (nSPS) is 9.85. The van der Waals surface area contributed by atoms with E-state index in [1.165, 1.54) is 30.3 Å². The van der Waals surface area contributed by atoms with E-state index in [0.29, 0.717) is 0 Å². The van der Waals surface area contributed by atoms with Crippen LogP contribution < -0.4 is 4.74 Å². The Bertz CT molecular complexity index is 693. The average molecular weight is 273 g/mol. The summed E-state index contributed by atoms with van der Waals surface area (Å²) in [5.41, 5.74) is -0.392. The third-order valence-corrected chi connectivity index (χ3v) is 2.62. The number of benzene rings is 2. The fraction of sp³-hybridized carbons (Fsp3) is 0.0667. The second kappa shape index (κ2) is 5.93. The van der Waals surface area contributed by atoms with Crippen LogP contribution in [0, 0.1) is 23.0 Å². The largest absolute Gasteiger partial charge is 0.484 e. The fourth-order valence-corrected chi connectivity index (χ4v) is 1.64. The van der Waals surface area contributed by atoms with E-state index in [1.807, 2.05) is 0 Å². The number of nitrogens with zero attached hydrogens (tertiary/aromatic N) is 1. The molecule has 20 heavy (non-hydrogen) atoms. The highest BCUT2D eigenvalue weighted by atomic mass is 19.1. The molecule has 0 unspecified atom stereocenters. The van der Waals surface area contributed by atoms with Gasteiger partial charge in [-0.1, -0.05) is 18.2 Å². The molecule has 0 aromatic heterocycles. The summed E-state index contributed by atoms with van der Waals surface area (Å²) in [5.74, 6) is -2.02. The molecule has 0 aliphatic carbocycles. The molecule has 0 fully saturated rings. The second-order valence-corrected chi connectivity index (χ2v) is 3.92. The van der Waals surface area contributed by atoms with Gasteiger partial charge in [0, 0.05) is 0 Å². The third kappa shape index (κ3) is 2.81. The summed E-state index contributed by atoms with van der Waals surface area (Å²) in [5, 5.41) is 8.81. The maximum atomic E-state index is 13.4. The summed E-state index contributed by atoms with van der Waals surface area (Å²) in [4.78, 5) is 11.8. The lowest BCUT2D eigenvalue weighted by atomic mass is 10.1. The SMILES string of the molecule is N#Cc1c(F)cccc1OCC(=O)c1ccccc1F. The number of rotatable bonds is 4. The van der Waals surface area contributed by atoms with Crippen molar-refractivity contribution in [1.82, 2.24) is 0 Å². The molecule has 0 N–H and O–H groups in total. The van der Waals surface area contributed by atoms with Crippen molar-refractivity contribution in [2.45, 2.75) is 0 Å². The molecule has 0 aliphatic rings. The molecule has 2 aromatic carbocycles. The molecule has 0 aliphatic heterocycles. The monoisotopic (exact) mass is 273 g/mol. The molecule has 0 amide bonds. The summed E-state index contributed by atoms with van der Waals surface area (Å²) in [6, 6.07) is 11.0. The van der Waals surface area contributed by atoms with E-state index in [9.17, 15) is 13.6 Å². The van der Waals surface area contributed by atoms with Crippen LogP contribution in [0.1, 0.15) is 15.9 Å². The number of halogens is 2. The number of hydrogen-bond donors (Lipinski definition) is 0. The molecular weight excluding hydrogens is 264 g/mol. The minimum absolute atomic E-state index is 0.0443. The van der Waals surface area contributed by atoms with Gasteiger partial charge in [0.15, 0.2) is 6.61 Å². The number of hydrogen-bond acceptors (Lipinski definition) is 3. The smallest absolute Gasteiger partial charge is 0.203 e. The standard InChI is InChI=1S/C15H9F2NO2/c16-12-5-2-1-4-10(12)14(19)9-20-15-7-3-6-13(17)11(15)8-18/h1-7H,9H2. The predicted molar refractivity (Wildman–Crippen MR) is 67.3 cm³/mol. The highest BCUT2D eigenvalue weighted by Crippen LogP contribution is 2.20. The number of ether oxygens (including phenoxy) is 1. The predicted octanol–water partition coefficient (Wildman–Crippen LogP) is 3.10. The molecule has 100 valence electrons. The maximum Gasteiger partial charge on any atom is 0.203 e. The lowest BCUT2D eigenvalue weighted by Gasteiger charge is -2.08. The third-order valence-electron chi connectivity index (χ3n) is 2.62. The van der Waals surface area contributed by atoms with Gasteiger partial charge in [-0.05, 0) is 24.3 Å². The molecule has 0 saturated heterocycles. The number of carbonyl (C=O) groups excluding carboxylic acids is 1. The molecule has 0 atom stereocenters. The number of Topliss-reactive ketones (excluding diaryl/α,β-unsaturated/α-hetero) is 1. The van der Waals surface area contributed by atoms with Crippen LogP contribution in [-0.4, -0.2) is 12.4 Å². The van der Waals surface area contributed by atoms with E-state index in [4.69, 9.17) is 10.00 Å². The molecular formula is C15H9F2NO2. The van der Waals surface area contributed by atoms with Gasteiger partial charge in [-0.2, -0.15) is 5.26 Å². The van der Waals surface area contributed by atoms with Crippen molar-refractivity contribution in [1.29, 1.82) is 5.26 Å². The molecule has 5 heteroatoms. The van der Waals surface area contributed by atoms with Gasteiger partial charge in [0.05, 0.1) is 5.56 Å². The van der Waals surface area contributed by atoms with Crippen molar-refractivity contribution in [3.05, 3.63) is 65.2 Å². The number of carbonyl (C=O) groups is 1. The molecule has 0 radical (unpaired) electrons. The van der Waals surface area contributed by atoms with Crippen molar-refractivity contribution < 1.29 is 18.3 Å². The molecule has 2 aromatic rings. The Morgan fingerprint density at radius 3 is 2.50 bits per heavy atom. The Morgan fingerprint density at radius 1 is 1.10 bits per heavy atom. The molecule has 3 nitrogen and oxygen atoms in total. The van der Waals surface area contributed by atoms with Crippen molar-refractivity contribution >= 4 is 5.78 Å². The van der Waals surface area contributed by atoms with Gasteiger partial charge < -0.3 is 4.74 Å². The van der Waals surface area contributed by atoms with Crippen molar-refractivity contribution in [3.8, 4) is 11.8 Å². The van der Waals surface area contributed by atoms with E-state index in [2.05, 4.69) is 0 Å². The minimum atomic E-state index is -0.733. The Morgan fingerprint density at radius 2 is 1.80 bits per heavy atom. The average Bonchev–Trinajstić information content (AvgIpc) is 2.45. The summed E-state index contributed by atoms with van der Waals surface area (Å²) < 4.78 is 31.8. The second-order valence-electron chi connectivity index (χ2n) is 3.92. The number of nitriles is 1. The Hall–Kier alpha value is -2.74. The molecule has 0 spiro atoms. The van der Waals surface area contributed by atoms with E-state index in [-0.39, 0.29) is 16.9 Å². The fourth-order valence-electron chi connectivity index (χ4n) is 1.64. The van der Waals surface area contributed by atoms with Crippen molar-refractivity contribution in [2.24, 2.45) is 0 Å². The minimum Gasteiger partial charge on any atom is -0.484 e. The van der Waals surface area contributed by atoms with Crippen molar-refractivity contribution in [2.75, 3.05) is 6.61 Å². The highest BCUT2D eigenvalue weighted by Gasteiger charge is 2.14. The van der Waals surface area contributed by atoms with Crippen LogP contribution >= 0.6 is 0 Å². The van der Waals surface area contributed by atoms with E-state index >= 15 is 0 Å². The Labute approximate surface area is 114 Å². The maximum absolute atomic E-state index is 13.4. The van der Waals surface area contributed by atoms with Crippen LogP contribution in [0.25, 0.3) is 0 Å². The first-order valence-electron chi connectivity index (χ1n) is 5.72. The van der Waals surface area contributed by atoms with Crippen LogP contribution in [0.2, 0.25) is 0 Å². The van der Waals surface area contributed by atoms with E-state index in [1.54, 1.807) is 6.07 Å². The zero-order chi connectivity index (χ0) is 14.5. The Kier molecular flexibility index (Phi) is 4.06.